The normalized spacial score (nSPS) is 14.9. The van der Waals surface area contributed by atoms with E-state index in [9.17, 15) is 8.78 Å². The van der Waals surface area contributed by atoms with Gasteiger partial charge in [-0.3, -0.25) is 0 Å². The molecule has 0 aromatic heterocycles. The van der Waals surface area contributed by atoms with E-state index in [4.69, 9.17) is 4.74 Å². The fourth-order valence-corrected chi connectivity index (χ4v) is 2.23. The van der Waals surface area contributed by atoms with Crippen molar-refractivity contribution in [3.63, 3.8) is 0 Å². The van der Waals surface area contributed by atoms with Gasteiger partial charge in [-0.1, -0.05) is 19.9 Å². The summed E-state index contributed by atoms with van der Waals surface area (Å²) in [4.78, 5) is 0. The highest BCUT2D eigenvalue weighted by molar-refractivity contribution is 5.30. The van der Waals surface area contributed by atoms with Crippen LogP contribution in [0.1, 0.15) is 31.0 Å². The van der Waals surface area contributed by atoms with Crippen molar-refractivity contribution in [2.45, 2.75) is 32.9 Å². The summed E-state index contributed by atoms with van der Waals surface area (Å²) < 4.78 is 33.4. The molecule has 2 unspecified atom stereocenters. The quantitative estimate of drug-likeness (QED) is 0.874. The van der Waals surface area contributed by atoms with Crippen molar-refractivity contribution in [2.75, 3.05) is 14.2 Å². The summed E-state index contributed by atoms with van der Waals surface area (Å²) in [5, 5.41) is 2.95. The molecule has 2 nitrogen and oxygen atoms in total. The molecule has 0 amide bonds. The van der Waals surface area contributed by atoms with E-state index in [0.717, 1.165) is 0 Å². The molecule has 0 aliphatic heterocycles. The van der Waals surface area contributed by atoms with Gasteiger partial charge in [-0.2, -0.15) is 0 Å². The third-order valence-corrected chi connectivity index (χ3v) is 3.20. The number of halogens is 2. The zero-order valence-electron chi connectivity index (χ0n) is 11.6. The van der Waals surface area contributed by atoms with E-state index in [0.29, 0.717) is 5.56 Å². The van der Waals surface area contributed by atoms with Gasteiger partial charge in [-0.25, -0.2) is 8.78 Å². The highest BCUT2D eigenvalue weighted by Crippen LogP contribution is 2.29. The number of aryl methyl sites for hydroxylation is 1. The van der Waals surface area contributed by atoms with E-state index in [1.807, 2.05) is 13.8 Å². The first kappa shape index (κ1) is 15.1. The van der Waals surface area contributed by atoms with Gasteiger partial charge >= 0.3 is 0 Å². The Hall–Kier alpha value is -1.00. The maximum atomic E-state index is 14.1. The lowest BCUT2D eigenvalue weighted by Crippen LogP contribution is -2.36. The summed E-state index contributed by atoms with van der Waals surface area (Å²) in [6.45, 7) is 5.55. The number of methoxy groups -OCH3 is 1. The molecule has 0 fully saturated rings. The first-order valence-electron chi connectivity index (χ1n) is 6.08. The van der Waals surface area contributed by atoms with Crippen molar-refractivity contribution in [2.24, 2.45) is 5.92 Å². The Morgan fingerprint density at radius 1 is 1.22 bits per heavy atom. The highest BCUT2D eigenvalue weighted by Gasteiger charge is 2.29. The van der Waals surface area contributed by atoms with Crippen LogP contribution in [0.2, 0.25) is 0 Å². The van der Waals surface area contributed by atoms with Gasteiger partial charge in [0.05, 0.1) is 12.1 Å². The second-order valence-corrected chi connectivity index (χ2v) is 4.80. The third-order valence-electron chi connectivity index (χ3n) is 3.20. The predicted octanol–water partition coefficient (Wildman–Crippen LogP) is 3.20. The molecule has 0 radical (unpaired) electrons. The van der Waals surface area contributed by atoms with Gasteiger partial charge in [0, 0.05) is 12.7 Å². The molecule has 1 aromatic carbocycles. The van der Waals surface area contributed by atoms with Gasteiger partial charge in [0.25, 0.3) is 0 Å². The number of hydrogen-bond donors (Lipinski definition) is 1. The van der Waals surface area contributed by atoms with Gasteiger partial charge in [-0.15, -0.1) is 0 Å². The third kappa shape index (κ3) is 2.87. The van der Waals surface area contributed by atoms with Crippen molar-refractivity contribution in [3.8, 4) is 0 Å². The number of nitrogens with one attached hydrogen (secondary N) is 1. The van der Waals surface area contributed by atoms with Crippen LogP contribution in [0.15, 0.2) is 12.1 Å². The molecule has 1 rings (SSSR count). The van der Waals surface area contributed by atoms with Crippen LogP contribution in [0, 0.1) is 24.5 Å². The number of rotatable bonds is 5. The van der Waals surface area contributed by atoms with Gasteiger partial charge in [0.1, 0.15) is 11.6 Å². The van der Waals surface area contributed by atoms with Gasteiger partial charge in [0.15, 0.2) is 0 Å². The van der Waals surface area contributed by atoms with Crippen molar-refractivity contribution in [3.05, 3.63) is 34.9 Å². The van der Waals surface area contributed by atoms with E-state index in [1.54, 1.807) is 21.1 Å². The topological polar surface area (TPSA) is 21.3 Å². The first-order valence-corrected chi connectivity index (χ1v) is 6.08. The number of benzene rings is 1. The molecule has 0 aliphatic carbocycles. The zero-order valence-corrected chi connectivity index (χ0v) is 11.6. The average Bonchev–Trinajstić information content (AvgIpc) is 2.32. The van der Waals surface area contributed by atoms with Crippen LogP contribution in [-0.4, -0.2) is 20.3 Å². The van der Waals surface area contributed by atoms with Crippen molar-refractivity contribution in [1.82, 2.24) is 5.32 Å². The molecule has 0 bridgehead atoms. The molecule has 102 valence electrons. The Labute approximate surface area is 107 Å². The summed E-state index contributed by atoms with van der Waals surface area (Å²) in [7, 11) is 3.24. The van der Waals surface area contributed by atoms with Gasteiger partial charge in [0.2, 0.25) is 0 Å². The standard InChI is InChI=1S/C14H21F2NO/c1-8(2)14(18-5)13(17-4)11-10(15)7-6-9(3)12(11)16/h6-8,13-14,17H,1-5H3. The minimum absolute atomic E-state index is 0.0537. The Bertz CT molecular complexity index is 407. The van der Waals surface area contributed by atoms with Crippen LogP contribution in [0.25, 0.3) is 0 Å². The van der Waals surface area contributed by atoms with Crippen LogP contribution in [0.3, 0.4) is 0 Å². The Morgan fingerprint density at radius 3 is 2.28 bits per heavy atom. The average molecular weight is 257 g/mol. The molecule has 1 aromatic rings. The molecule has 1 N–H and O–H groups in total. The van der Waals surface area contributed by atoms with E-state index < -0.39 is 17.7 Å². The van der Waals surface area contributed by atoms with Crippen molar-refractivity contribution < 1.29 is 13.5 Å². The second kappa shape index (κ2) is 6.25. The highest BCUT2D eigenvalue weighted by atomic mass is 19.1. The maximum Gasteiger partial charge on any atom is 0.133 e. The molecule has 0 saturated heterocycles. The Balaban J connectivity index is 3.28. The molecular formula is C14H21F2NO. The fourth-order valence-electron chi connectivity index (χ4n) is 2.23. The van der Waals surface area contributed by atoms with Crippen molar-refractivity contribution in [1.29, 1.82) is 0 Å². The fraction of sp³-hybridized carbons (Fsp3) is 0.571. The smallest absolute Gasteiger partial charge is 0.133 e. The SMILES string of the molecule is CNC(c1c(F)ccc(C)c1F)C(OC)C(C)C. The maximum absolute atomic E-state index is 14.1. The molecule has 2 atom stereocenters. The van der Waals surface area contributed by atoms with Crippen LogP contribution >= 0.6 is 0 Å². The summed E-state index contributed by atoms with van der Waals surface area (Å²) in [6, 6.07) is 2.23. The molecule has 0 heterocycles. The van der Waals surface area contributed by atoms with Crippen LogP contribution in [0.5, 0.6) is 0 Å². The summed E-state index contributed by atoms with van der Waals surface area (Å²) in [5.74, 6) is -0.899. The second-order valence-electron chi connectivity index (χ2n) is 4.80. The lowest BCUT2D eigenvalue weighted by molar-refractivity contribution is 0.0327. The van der Waals surface area contributed by atoms with Crippen LogP contribution in [-0.2, 0) is 4.74 Å². The summed E-state index contributed by atoms with van der Waals surface area (Å²) in [5.41, 5.74) is 0.489. The number of ether oxygens (including phenoxy) is 1. The summed E-state index contributed by atoms with van der Waals surface area (Å²) in [6.07, 6.45) is -0.291. The lowest BCUT2D eigenvalue weighted by Gasteiger charge is -2.29. The molecule has 18 heavy (non-hydrogen) atoms. The Kier molecular flexibility index (Phi) is 5.23. The minimum Gasteiger partial charge on any atom is -0.379 e. The molecule has 0 saturated carbocycles. The summed E-state index contributed by atoms with van der Waals surface area (Å²) >= 11 is 0. The largest absolute Gasteiger partial charge is 0.379 e. The number of likely N-dealkylation sites (N-methyl/N-ethyl adjacent to an activating group) is 1. The molecule has 0 aliphatic rings. The van der Waals surface area contributed by atoms with Gasteiger partial charge in [-0.05, 0) is 31.5 Å². The number of hydrogen-bond acceptors (Lipinski definition) is 2. The van der Waals surface area contributed by atoms with Crippen molar-refractivity contribution >= 4 is 0 Å². The van der Waals surface area contributed by atoms with E-state index in [-0.39, 0.29) is 17.6 Å². The molecule has 0 spiro atoms. The van der Waals surface area contributed by atoms with Crippen LogP contribution < -0.4 is 5.32 Å². The first-order chi connectivity index (χ1) is 8.43. The minimum atomic E-state index is -0.542. The van der Waals surface area contributed by atoms with E-state index in [2.05, 4.69) is 5.32 Å². The van der Waals surface area contributed by atoms with Gasteiger partial charge < -0.3 is 10.1 Å². The monoisotopic (exact) mass is 257 g/mol. The molecular weight excluding hydrogens is 236 g/mol. The van der Waals surface area contributed by atoms with Crippen LogP contribution in [0.4, 0.5) is 8.78 Å². The predicted molar refractivity (Wildman–Crippen MR) is 68.5 cm³/mol. The van der Waals surface area contributed by atoms with E-state index >= 15 is 0 Å². The zero-order chi connectivity index (χ0) is 13.9. The lowest BCUT2D eigenvalue weighted by atomic mass is 9.92. The Morgan fingerprint density at radius 2 is 1.83 bits per heavy atom. The molecule has 4 heteroatoms. The van der Waals surface area contributed by atoms with E-state index in [1.165, 1.54) is 12.1 Å².